The lowest BCUT2D eigenvalue weighted by molar-refractivity contribution is 0.381. The fraction of sp³-hybridized carbons (Fsp3) is 0.667. The van der Waals surface area contributed by atoms with Crippen LogP contribution in [-0.4, -0.2) is 37.8 Å². The third-order valence-corrected chi connectivity index (χ3v) is 4.56. The lowest BCUT2D eigenvalue weighted by Gasteiger charge is -2.21. The second-order valence-corrected chi connectivity index (χ2v) is 6.68. The van der Waals surface area contributed by atoms with Gasteiger partial charge in [0.15, 0.2) is 0 Å². The van der Waals surface area contributed by atoms with Gasteiger partial charge in [-0.1, -0.05) is 20.8 Å². The van der Waals surface area contributed by atoms with E-state index < -0.39 is 10.0 Å². The zero-order valence-electron chi connectivity index (χ0n) is 11.5. The predicted molar refractivity (Wildman–Crippen MR) is 72.8 cm³/mol. The quantitative estimate of drug-likeness (QED) is 0.789. The Hall–Kier alpha value is -0.850. The molecule has 0 bridgehead atoms. The van der Waals surface area contributed by atoms with Gasteiger partial charge in [0, 0.05) is 31.5 Å². The summed E-state index contributed by atoms with van der Waals surface area (Å²) < 4.78 is 26.3. The van der Waals surface area contributed by atoms with Crippen molar-refractivity contribution in [1.29, 1.82) is 0 Å². The number of aromatic nitrogens is 1. The van der Waals surface area contributed by atoms with Gasteiger partial charge in [-0.05, 0) is 19.0 Å². The summed E-state index contributed by atoms with van der Waals surface area (Å²) in [4.78, 5) is 3.32. The van der Waals surface area contributed by atoms with E-state index in [1.54, 1.807) is 12.3 Å². The van der Waals surface area contributed by atoms with E-state index in [1.165, 1.54) is 4.31 Å². The van der Waals surface area contributed by atoms with E-state index in [1.807, 2.05) is 27.8 Å². The predicted octanol–water partition coefficient (Wildman–Crippen LogP) is 1.40. The number of nitrogens with zero attached hydrogens (tertiary/aromatic N) is 1. The van der Waals surface area contributed by atoms with E-state index in [4.69, 9.17) is 0 Å². The molecule has 0 aliphatic rings. The molecule has 0 aliphatic heterocycles. The Morgan fingerprint density at radius 3 is 2.61 bits per heavy atom. The van der Waals surface area contributed by atoms with Crippen LogP contribution in [0.2, 0.25) is 0 Å². The summed E-state index contributed by atoms with van der Waals surface area (Å²) in [5, 5.41) is 2.98. The number of rotatable bonds is 7. The van der Waals surface area contributed by atoms with E-state index in [9.17, 15) is 8.42 Å². The largest absolute Gasteiger partial charge is 0.363 e. The summed E-state index contributed by atoms with van der Waals surface area (Å²) in [6.45, 7) is 7.56. The van der Waals surface area contributed by atoms with Crippen molar-refractivity contribution < 1.29 is 8.42 Å². The van der Waals surface area contributed by atoms with Crippen molar-refractivity contribution in [1.82, 2.24) is 14.6 Å². The van der Waals surface area contributed by atoms with Gasteiger partial charge in [-0.3, -0.25) is 0 Å². The van der Waals surface area contributed by atoms with Crippen LogP contribution in [0.15, 0.2) is 17.2 Å². The van der Waals surface area contributed by atoms with Gasteiger partial charge < -0.3 is 10.3 Å². The molecule has 0 aromatic carbocycles. The molecular weight excluding hydrogens is 250 g/mol. The molecule has 0 atom stereocenters. The highest BCUT2D eigenvalue weighted by Gasteiger charge is 2.24. The molecule has 5 nitrogen and oxygen atoms in total. The van der Waals surface area contributed by atoms with Crippen LogP contribution in [0.3, 0.4) is 0 Å². The average molecular weight is 273 g/mol. The molecule has 104 valence electrons. The van der Waals surface area contributed by atoms with Crippen LogP contribution in [0.5, 0.6) is 0 Å². The highest BCUT2D eigenvalue weighted by molar-refractivity contribution is 7.89. The number of H-pyrrole nitrogens is 1. The fourth-order valence-corrected chi connectivity index (χ4v) is 3.45. The minimum absolute atomic E-state index is 0.315. The van der Waals surface area contributed by atoms with Gasteiger partial charge in [0.1, 0.15) is 0 Å². The fourth-order valence-electron chi connectivity index (χ4n) is 1.81. The number of hydrogen-bond donors (Lipinski definition) is 2. The minimum atomic E-state index is -3.37. The number of sulfonamides is 1. The summed E-state index contributed by atoms with van der Waals surface area (Å²) >= 11 is 0. The Balaban J connectivity index is 2.95. The zero-order valence-corrected chi connectivity index (χ0v) is 12.3. The first-order valence-corrected chi connectivity index (χ1v) is 7.67. The van der Waals surface area contributed by atoms with E-state index in [0.29, 0.717) is 30.4 Å². The first-order valence-electron chi connectivity index (χ1n) is 6.23. The van der Waals surface area contributed by atoms with Crippen LogP contribution in [0, 0.1) is 5.92 Å². The summed E-state index contributed by atoms with van der Waals surface area (Å²) in [7, 11) is -1.54. The van der Waals surface area contributed by atoms with Gasteiger partial charge in [0.05, 0.1) is 4.90 Å². The van der Waals surface area contributed by atoms with Crippen LogP contribution >= 0.6 is 0 Å². The molecular formula is C12H23N3O2S. The van der Waals surface area contributed by atoms with Crippen LogP contribution in [0.4, 0.5) is 0 Å². The lowest BCUT2D eigenvalue weighted by atomic mass is 10.2. The van der Waals surface area contributed by atoms with Crippen molar-refractivity contribution in [3.8, 4) is 0 Å². The molecule has 2 N–H and O–H groups in total. The van der Waals surface area contributed by atoms with E-state index in [-0.39, 0.29) is 0 Å². The molecule has 1 aromatic rings. The molecule has 18 heavy (non-hydrogen) atoms. The van der Waals surface area contributed by atoms with Crippen LogP contribution in [0.25, 0.3) is 0 Å². The van der Waals surface area contributed by atoms with Crippen molar-refractivity contribution in [3.63, 3.8) is 0 Å². The monoisotopic (exact) mass is 273 g/mol. The van der Waals surface area contributed by atoms with Crippen molar-refractivity contribution in [2.24, 2.45) is 5.92 Å². The Morgan fingerprint density at radius 1 is 1.44 bits per heavy atom. The van der Waals surface area contributed by atoms with E-state index in [2.05, 4.69) is 10.3 Å². The Labute approximate surface area is 110 Å². The first kappa shape index (κ1) is 15.2. The van der Waals surface area contributed by atoms with Gasteiger partial charge in [-0.15, -0.1) is 0 Å². The maximum atomic E-state index is 12.4. The lowest BCUT2D eigenvalue weighted by Crippen LogP contribution is -2.33. The van der Waals surface area contributed by atoms with Crippen molar-refractivity contribution in [2.75, 3.05) is 20.1 Å². The molecule has 0 unspecified atom stereocenters. The van der Waals surface area contributed by atoms with Gasteiger partial charge >= 0.3 is 0 Å². The number of aromatic amines is 1. The molecule has 0 saturated carbocycles. The first-order chi connectivity index (χ1) is 8.41. The zero-order chi connectivity index (χ0) is 13.8. The van der Waals surface area contributed by atoms with E-state index >= 15 is 0 Å². The summed E-state index contributed by atoms with van der Waals surface area (Å²) in [6, 6.07) is 1.69. The molecule has 0 spiro atoms. The summed E-state index contributed by atoms with van der Waals surface area (Å²) in [5.74, 6) is 0.315. The topological polar surface area (TPSA) is 65.2 Å². The normalized spacial score (nSPS) is 12.6. The molecule has 1 rings (SSSR count). The molecule has 0 aliphatic carbocycles. The van der Waals surface area contributed by atoms with Crippen molar-refractivity contribution >= 4 is 10.0 Å². The third-order valence-electron chi connectivity index (χ3n) is 2.64. The second-order valence-electron chi connectivity index (χ2n) is 4.74. The summed E-state index contributed by atoms with van der Waals surface area (Å²) in [6.07, 6.45) is 1.56. The molecule has 1 aromatic heterocycles. The maximum Gasteiger partial charge on any atom is 0.244 e. The number of hydrogen-bond acceptors (Lipinski definition) is 3. The van der Waals surface area contributed by atoms with Crippen LogP contribution < -0.4 is 5.32 Å². The number of nitrogens with one attached hydrogen (secondary N) is 2. The SMILES string of the molecule is CCN(CC(C)C)S(=O)(=O)c1c[nH]c(CNC)c1. The van der Waals surface area contributed by atoms with Gasteiger partial charge in [-0.25, -0.2) is 8.42 Å². The Bertz CT molecular complexity index is 465. The highest BCUT2D eigenvalue weighted by Crippen LogP contribution is 2.17. The van der Waals surface area contributed by atoms with Crippen molar-refractivity contribution in [3.05, 3.63) is 18.0 Å². The molecule has 0 fully saturated rings. The average Bonchev–Trinajstić information content (AvgIpc) is 2.75. The smallest absolute Gasteiger partial charge is 0.244 e. The van der Waals surface area contributed by atoms with E-state index in [0.717, 1.165) is 5.69 Å². The van der Waals surface area contributed by atoms with Crippen molar-refractivity contribution in [2.45, 2.75) is 32.2 Å². The standard InChI is InChI=1S/C12H23N3O2S/c1-5-15(9-10(2)3)18(16,17)12-6-11(7-13-4)14-8-12/h6,8,10,13-14H,5,7,9H2,1-4H3. The highest BCUT2D eigenvalue weighted by atomic mass is 32.2. The third kappa shape index (κ3) is 3.57. The van der Waals surface area contributed by atoms with Crippen LogP contribution in [0.1, 0.15) is 26.5 Å². The van der Waals surface area contributed by atoms with Gasteiger partial charge in [0.25, 0.3) is 0 Å². The Morgan fingerprint density at radius 2 is 2.11 bits per heavy atom. The maximum absolute atomic E-state index is 12.4. The molecule has 1 heterocycles. The van der Waals surface area contributed by atoms with Gasteiger partial charge in [-0.2, -0.15) is 4.31 Å². The minimum Gasteiger partial charge on any atom is -0.363 e. The molecule has 0 radical (unpaired) electrons. The van der Waals surface area contributed by atoms with Crippen LogP contribution in [-0.2, 0) is 16.6 Å². The summed E-state index contributed by atoms with van der Waals surface area (Å²) in [5.41, 5.74) is 0.872. The van der Waals surface area contributed by atoms with Gasteiger partial charge in [0.2, 0.25) is 10.0 Å². The molecule has 0 saturated heterocycles. The molecule has 6 heteroatoms. The molecule has 0 amide bonds. The Kier molecular flexibility index (Phi) is 5.37. The second kappa shape index (κ2) is 6.36.